The van der Waals surface area contributed by atoms with Crippen LogP contribution in [0.25, 0.3) is 0 Å². The number of halogens is 2. The Morgan fingerprint density at radius 1 is 1.54 bits per heavy atom. The molecule has 13 heavy (non-hydrogen) atoms. The van der Waals surface area contributed by atoms with Crippen molar-refractivity contribution in [1.29, 1.82) is 0 Å². The second-order valence-electron chi connectivity index (χ2n) is 2.55. The highest BCUT2D eigenvalue weighted by atomic mass is 127. The molecule has 0 bridgehead atoms. The highest BCUT2D eigenvalue weighted by molar-refractivity contribution is 14.1. The monoisotopic (exact) mass is 354 g/mol. The first-order valence-electron chi connectivity index (χ1n) is 3.61. The molecular formula is C9H8BrIO2. The Morgan fingerprint density at radius 3 is 2.69 bits per heavy atom. The number of benzene rings is 1. The lowest BCUT2D eigenvalue weighted by molar-refractivity contribution is 0.0599. The molecule has 0 heterocycles. The van der Waals surface area contributed by atoms with E-state index in [1.807, 2.05) is 13.0 Å². The molecule has 0 aliphatic rings. The number of methoxy groups -OCH3 is 1. The second-order valence-corrected chi connectivity index (χ2v) is 4.42. The maximum Gasteiger partial charge on any atom is 0.339 e. The highest BCUT2D eigenvalue weighted by Crippen LogP contribution is 2.26. The van der Waals surface area contributed by atoms with E-state index >= 15 is 0 Å². The average Bonchev–Trinajstić information content (AvgIpc) is 2.13. The molecule has 0 aliphatic heterocycles. The molecule has 0 spiro atoms. The van der Waals surface area contributed by atoms with Crippen LogP contribution in [0.15, 0.2) is 16.6 Å². The van der Waals surface area contributed by atoms with E-state index in [9.17, 15) is 4.79 Å². The minimum Gasteiger partial charge on any atom is -0.465 e. The van der Waals surface area contributed by atoms with Gasteiger partial charge in [0.15, 0.2) is 0 Å². The lowest BCUT2D eigenvalue weighted by Crippen LogP contribution is -2.03. The van der Waals surface area contributed by atoms with Gasteiger partial charge < -0.3 is 4.74 Å². The summed E-state index contributed by atoms with van der Waals surface area (Å²) in [5.41, 5.74) is 1.71. The molecule has 4 heteroatoms. The van der Waals surface area contributed by atoms with E-state index in [0.29, 0.717) is 5.56 Å². The normalized spacial score (nSPS) is 9.85. The molecule has 70 valence electrons. The van der Waals surface area contributed by atoms with E-state index in [1.54, 1.807) is 6.07 Å². The fraction of sp³-hybridized carbons (Fsp3) is 0.222. The van der Waals surface area contributed by atoms with Gasteiger partial charge >= 0.3 is 5.97 Å². The summed E-state index contributed by atoms with van der Waals surface area (Å²) in [7, 11) is 1.38. The fourth-order valence-corrected chi connectivity index (χ4v) is 1.99. The zero-order valence-electron chi connectivity index (χ0n) is 7.23. The molecule has 0 unspecified atom stereocenters. The topological polar surface area (TPSA) is 26.3 Å². The predicted molar refractivity (Wildman–Crippen MR) is 62.9 cm³/mol. The van der Waals surface area contributed by atoms with Crippen molar-refractivity contribution in [3.05, 3.63) is 31.3 Å². The zero-order chi connectivity index (χ0) is 10.0. The van der Waals surface area contributed by atoms with Crippen LogP contribution in [0.2, 0.25) is 0 Å². The van der Waals surface area contributed by atoms with E-state index < -0.39 is 0 Å². The van der Waals surface area contributed by atoms with Crippen LogP contribution >= 0.6 is 38.5 Å². The summed E-state index contributed by atoms with van der Waals surface area (Å²) in [5, 5.41) is 0. The number of ether oxygens (including phenoxy) is 1. The average molecular weight is 355 g/mol. The number of aryl methyl sites for hydroxylation is 1. The van der Waals surface area contributed by atoms with Crippen LogP contribution < -0.4 is 0 Å². The van der Waals surface area contributed by atoms with Crippen molar-refractivity contribution in [3.63, 3.8) is 0 Å². The van der Waals surface area contributed by atoms with Gasteiger partial charge in [0.2, 0.25) is 0 Å². The van der Waals surface area contributed by atoms with Crippen molar-refractivity contribution in [2.75, 3.05) is 7.11 Å². The van der Waals surface area contributed by atoms with Crippen LogP contribution in [-0.4, -0.2) is 13.1 Å². The van der Waals surface area contributed by atoms with Gasteiger partial charge in [0.1, 0.15) is 0 Å². The third-order valence-corrected chi connectivity index (χ3v) is 4.64. The molecule has 0 saturated carbocycles. The molecule has 0 radical (unpaired) electrons. The number of hydrogen-bond donors (Lipinski definition) is 0. The number of carbonyl (C=O) groups excluding carboxylic acids is 1. The van der Waals surface area contributed by atoms with Crippen molar-refractivity contribution in [3.8, 4) is 0 Å². The first-order valence-corrected chi connectivity index (χ1v) is 5.48. The van der Waals surface area contributed by atoms with Crippen molar-refractivity contribution >= 4 is 44.5 Å². The van der Waals surface area contributed by atoms with E-state index in [4.69, 9.17) is 0 Å². The molecule has 1 aromatic carbocycles. The summed E-state index contributed by atoms with van der Waals surface area (Å²) in [6.07, 6.45) is 0. The van der Waals surface area contributed by atoms with Gasteiger partial charge in [-0.3, -0.25) is 0 Å². The van der Waals surface area contributed by atoms with Gasteiger partial charge in [-0.25, -0.2) is 4.79 Å². The minimum atomic E-state index is -0.315. The Kier molecular flexibility index (Phi) is 3.73. The Labute approximate surface area is 98.9 Å². The van der Waals surface area contributed by atoms with Gasteiger partial charge in [-0.1, -0.05) is 6.07 Å². The first kappa shape index (κ1) is 11.0. The van der Waals surface area contributed by atoms with Crippen LogP contribution in [0.3, 0.4) is 0 Å². The molecular weight excluding hydrogens is 347 g/mol. The van der Waals surface area contributed by atoms with Crippen LogP contribution in [0, 0.1) is 10.5 Å². The van der Waals surface area contributed by atoms with E-state index in [2.05, 4.69) is 43.3 Å². The summed E-state index contributed by atoms with van der Waals surface area (Å²) in [5.74, 6) is -0.315. The van der Waals surface area contributed by atoms with Crippen LogP contribution in [-0.2, 0) is 4.74 Å². The number of carbonyl (C=O) groups is 1. The van der Waals surface area contributed by atoms with E-state index in [-0.39, 0.29) is 5.97 Å². The van der Waals surface area contributed by atoms with Crippen molar-refractivity contribution in [2.45, 2.75) is 6.92 Å². The molecule has 1 aromatic rings. The van der Waals surface area contributed by atoms with Crippen LogP contribution in [0.4, 0.5) is 0 Å². The predicted octanol–water partition coefficient (Wildman–Crippen LogP) is 3.15. The lowest BCUT2D eigenvalue weighted by Gasteiger charge is -2.06. The number of hydrogen-bond acceptors (Lipinski definition) is 2. The third-order valence-electron chi connectivity index (χ3n) is 1.68. The van der Waals surface area contributed by atoms with Crippen molar-refractivity contribution in [2.24, 2.45) is 0 Å². The quantitative estimate of drug-likeness (QED) is 0.572. The summed E-state index contributed by atoms with van der Waals surface area (Å²) in [6, 6.07) is 3.66. The summed E-state index contributed by atoms with van der Waals surface area (Å²) in [4.78, 5) is 11.2. The van der Waals surface area contributed by atoms with Gasteiger partial charge in [0.25, 0.3) is 0 Å². The molecule has 1 rings (SSSR count). The molecule has 0 fully saturated rings. The first-order chi connectivity index (χ1) is 6.07. The van der Waals surface area contributed by atoms with Crippen LogP contribution in [0.1, 0.15) is 15.9 Å². The van der Waals surface area contributed by atoms with Gasteiger partial charge in [-0.05, 0) is 57.1 Å². The molecule has 0 aromatic heterocycles. The summed E-state index contributed by atoms with van der Waals surface area (Å²) < 4.78 is 6.49. The molecule has 0 atom stereocenters. The largest absolute Gasteiger partial charge is 0.465 e. The Bertz CT molecular complexity index is 350. The standard InChI is InChI=1S/C9H8BrIO2/c1-5-3-4-6(9(12)13-2)7(10)8(5)11/h3-4H,1-2H3. The molecule has 0 amide bonds. The van der Waals surface area contributed by atoms with E-state index in [0.717, 1.165) is 13.6 Å². The maximum atomic E-state index is 11.2. The second kappa shape index (κ2) is 4.41. The van der Waals surface area contributed by atoms with E-state index in [1.165, 1.54) is 7.11 Å². The summed E-state index contributed by atoms with van der Waals surface area (Å²) >= 11 is 5.55. The Hall–Kier alpha value is -0.100. The number of esters is 1. The van der Waals surface area contributed by atoms with Crippen LogP contribution in [0.5, 0.6) is 0 Å². The zero-order valence-corrected chi connectivity index (χ0v) is 11.0. The smallest absolute Gasteiger partial charge is 0.339 e. The van der Waals surface area contributed by atoms with Gasteiger partial charge in [-0.15, -0.1) is 0 Å². The van der Waals surface area contributed by atoms with Crippen molar-refractivity contribution in [1.82, 2.24) is 0 Å². The van der Waals surface area contributed by atoms with Gasteiger partial charge in [-0.2, -0.15) is 0 Å². The highest BCUT2D eigenvalue weighted by Gasteiger charge is 2.13. The lowest BCUT2D eigenvalue weighted by atomic mass is 10.1. The molecule has 0 aliphatic carbocycles. The van der Waals surface area contributed by atoms with Gasteiger partial charge in [0, 0.05) is 8.04 Å². The molecule has 0 saturated heterocycles. The Morgan fingerprint density at radius 2 is 2.15 bits per heavy atom. The molecule has 2 nitrogen and oxygen atoms in total. The Balaban J connectivity index is 3.26. The molecule has 0 N–H and O–H groups in total. The maximum absolute atomic E-state index is 11.2. The van der Waals surface area contributed by atoms with Gasteiger partial charge in [0.05, 0.1) is 12.7 Å². The third kappa shape index (κ3) is 2.22. The minimum absolute atomic E-state index is 0.315. The number of rotatable bonds is 1. The SMILES string of the molecule is COC(=O)c1ccc(C)c(I)c1Br. The van der Waals surface area contributed by atoms with Crippen molar-refractivity contribution < 1.29 is 9.53 Å². The fourth-order valence-electron chi connectivity index (χ4n) is 0.914. The summed E-state index contributed by atoms with van der Waals surface area (Å²) in [6.45, 7) is 1.99.